The topological polar surface area (TPSA) is 87.1 Å². The van der Waals surface area contributed by atoms with Crippen LogP contribution in [0.15, 0.2) is 66.7 Å². The first-order chi connectivity index (χ1) is 12.5. The Bertz CT molecular complexity index is 1080. The van der Waals surface area contributed by atoms with Gasteiger partial charge in [-0.25, -0.2) is 5.21 Å². The zero-order valence-corrected chi connectivity index (χ0v) is 13.9. The number of rotatable bonds is 3. The van der Waals surface area contributed by atoms with Crippen LogP contribution in [0.25, 0.3) is 11.1 Å². The summed E-state index contributed by atoms with van der Waals surface area (Å²) in [6.07, 6.45) is 0. The molecule has 0 saturated heterocycles. The number of nitriles is 1. The van der Waals surface area contributed by atoms with Crippen LogP contribution in [0.1, 0.15) is 21.5 Å². The number of nitrogens with two attached hydrogens (primary N) is 1. The second-order valence-electron chi connectivity index (χ2n) is 6.32. The molecule has 0 radical (unpaired) electrons. The number of carbonyl (C=O) groups excluding carboxylic acids is 1. The molecule has 126 valence electrons. The molecule has 4 rings (SSSR count). The lowest BCUT2D eigenvalue weighted by Crippen LogP contribution is -2.37. The van der Waals surface area contributed by atoms with Gasteiger partial charge in [-0.3, -0.25) is 4.79 Å². The Hall–Kier alpha value is -3.46. The summed E-state index contributed by atoms with van der Waals surface area (Å²) in [6, 6.07) is 21.9. The summed E-state index contributed by atoms with van der Waals surface area (Å²) in [7, 11) is 0. The summed E-state index contributed by atoms with van der Waals surface area (Å²) in [5, 5.41) is 20.8. The second kappa shape index (κ2) is 5.81. The van der Waals surface area contributed by atoms with Crippen molar-refractivity contribution in [2.24, 2.45) is 5.73 Å². The fourth-order valence-corrected chi connectivity index (χ4v) is 3.65. The molecule has 1 aliphatic rings. The number of amides is 1. The molecular formula is C21H16N3O2+. The van der Waals surface area contributed by atoms with E-state index in [-0.39, 0.29) is 6.54 Å². The third kappa shape index (κ3) is 2.29. The molecule has 3 aromatic carbocycles. The van der Waals surface area contributed by atoms with Gasteiger partial charge in [0.15, 0.2) is 11.4 Å². The van der Waals surface area contributed by atoms with Gasteiger partial charge < -0.3 is 5.73 Å². The van der Waals surface area contributed by atoms with Gasteiger partial charge in [0.2, 0.25) is 5.91 Å². The summed E-state index contributed by atoms with van der Waals surface area (Å²) >= 11 is 0. The number of benzene rings is 3. The zero-order valence-electron chi connectivity index (χ0n) is 13.9. The summed E-state index contributed by atoms with van der Waals surface area (Å²) in [5.74, 6) is -0.531. The molecule has 0 saturated carbocycles. The number of hydrogen-bond donors (Lipinski definition) is 2. The Balaban J connectivity index is 1.94. The van der Waals surface area contributed by atoms with E-state index in [4.69, 9.17) is 11.0 Å². The lowest BCUT2D eigenvalue weighted by Gasteiger charge is -2.26. The summed E-state index contributed by atoms with van der Waals surface area (Å²) in [4.78, 5) is 11.9. The van der Waals surface area contributed by atoms with Crippen molar-refractivity contribution in [1.29, 1.82) is 5.26 Å². The largest absolute Gasteiger partial charge is 0.366 e. The van der Waals surface area contributed by atoms with E-state index < -0.39 is 10.6 Å². The van der Waals surface area contributed by atoms with Gasteiger partial charge in [0.05, 0.1) is 28.3 Å². The second-order valence-corrected chi connectivity index (χ2v) is 6.32. The number of primary amides is 1. The monoisotopic (exact) mass is 342 g/mol. The lowest BCUT2D eigenvalue weighted by molar-refractivity contribution is -0.0278. The predicted molar refractivity (Wildman–Crippen MR) is 98.5 cm³/mol. The van der Waals surface area contributed by atoms with E-state index in [1.165, 1.54) is 0 Å². The molecule has 1 heterocycles. The molecule has 0 fully saturated rings. The Morgan fingerprint density at radius 2 is 1.77 bits per heavy atom. The molecule has 3 N–H and O–H groups in total. The van der Waals surface area contributed by atoms with Crippen LogP contribution >= 0.6 is 0 Å². The quantitative estimate of drug-likeness (QED) is 0.708. The standard InChI is InChI=1S/C21H15N3O2/c22-12-14-5-3-6-15(11-14)13-24(26)18-9-2-1-7-16(18)20-17(21(23)25)8-4-10-19(20)24/h1-11,26H,13H2,(H-,23,25)/p+1. The van der Waals surface area contributed by atoms with Gasteiger partial charge >= 0.3 is 0 Å². The molecule has 5 nitrogen and oxygen atoms in total. The molecule has 0 bridgehead atoms. The van der Waals surface area contributed by atoms with E-state index in [0.29, 0.717) is 28.1 Å². The maximum Gasteiger partial charge on any atom is 0.249 e. The van der Waals surface area contributed by atoms with Crippen molar-refractivity contribution >= 4 is 17.3 Å². The number of fused-ring (bicyclic) bond motifs is 3. The van der Waals surface area contributed by atoms with Crippen molar-refractivity contribution < 1.29 is 10.0 Å². The first-order valence-corrected chi connectivity index (χ1v) is 8.18. The fourth-order valence-electron chi connectivity index (χ4n) is 3.65. The van der Waals surface area contributed by atoms with Crippen LogP contribution in [0.4, 0.5) is 11.4 Å². The molecular weight excluding hydrogens is 326 g/mol. The highest BCUT2D eigenvalue weighted by molar-refractivity contribution is 6.07. The number of carbonyl (C=O) groups is 1. The van der Waals surface area contributed by atoms with E-state index in [1.807, 2.05) is 30.3 Å². The highest BCUT2D eigenvalue weighted by Gasteiger charge is 2.45. The Kier molecular flexibility index (Phi) is 3.58. The summed E-state index contributed by atoms with van der Waals surface area (Å²) in [6.45, 7) is 0.238. The highest BCUT2D eigenvalue weighted by Crippen LogP contribution is 2.53. The van der Waals surface area contributed by atoms with Crippen LogP contribution in [0, 0.1) is 11.3 Å². The van der Waals surface area contributed by atoms with Crippen molar-refractivity contribution in [3.63, 3.8) is 0 Å². The minimum atomic E-state index is -0.531. The zero-order chi connectivity index (χ0) is 18.3. The van der Waals surface area contributed by atoms with Crippen LogP contribution in [0.3, 0.4) is 0 Å². The molecule has 1 atom stereocenters. The van der Waals surface area contributed by atoms with Crippen molar-refractivity contribution in [2.75, 3.05) is 0 Å². The van der Waals surface area contributed by atoms with Crippen molar-refractivity contribution in [1.82, 2.24) is 4.65 Å². The van der Waals surface area contributed by atoms with E-state index in [9.17, 15) is 10.0 Å². The van der Waals surface area contributed by atoms with Crippen LogP contribution in [0.5, 0.6) is 0 Å². The van der Waals surface area contributed by atoms with Gasteiger partial charge in [-0.05, 0) is 24.3 Å². The molecule has 1 amide bonds. The number of hydrogen-bond acceptors (Lipinski definition) is 3. The average molecular weight is 342 g/mol. The first-order valence-electron chi connectivity index (χ1n) is 8.18. The van der Waals surface area contributed by atoms with Crippen molar-refractivity contribution in [3.05, 3.63) is 83.4 Å². The molecule has 5 heteroatoms. The normalized spacial score (nSPS) is 17.2. The van der Waals surface area contributed by atoms with Gasteiger partial charge in [0, 0.05) is 17.7 Å². The van der Waals surface area contributed by atoms with Crippen LogP contribution in [0.2, 0.25) is 0 Å². The molecule has 3 aromatic rings. The number of quaternary nitrogens is 1. The predicted octanol–water partition coefficient (Wildman–Crippen LogP) is 3.87. The van der Waals surface area contributed by atoms with E-state index in [0.717, 1.165) is 11.1 Å². The molecule has 1 unspecified atom stereocenters. The van der Waals surface area contributed by atoms with E-state index in [1.54, 1.807) is 36.4 Å². The Morgan fingerprint density at radius 3 is 2.54 bits per heavy atom. The fraction of sp³-hybridized carbons (Fsp3) is 0.0476. The SMILES string of the molecule is N#Cc1cccc(C[N+]2(O)c3ccccc3-c3c(C(N)=O)cccc32)c1. The maximum absolute atomic E-state index is 11.9. The number of hydroxylamine groups is 1. The van der Waals surface area contributed by atoms with Crippen molar-refractivity contribution in [3.8, 4) is 17.2 Å². The lowest BCUT2D eigenvalue weighted by atomic mass is 9.99. The molecule has 1 aliphatic heterocycles. The highest BCUT2D eigenvalue weighted by atomic mass is 16.5. The minimum Gasteiger partial charge on any atom is -0.366 e. The third-order valence-electron chi connectivity index (χ3n) is 4.75. The minimum absolute atomic E-state index is 0.238. The van der Waals surface area contributed by atoms with Crippen molar-refractivity contribution in [2.45, 2.75) is 6.54 Å². The first kappa shape index (κ1) is 16.0. The van der Waals surface area contributed by atoms with Crippen LogP contribution < -0.4 is 10.4 Å². The number of para-hydroxylation sites is 1. The molecule has 0 spiro atoms. The smallest absolute Gasteiger partial charge is 0.249 e. The van der Waals surface area contributed by atoms with Gasteiger partial charge in [0.1, 0.15) is 6.54 Å². The maximum atomic E-state index is 11.9. The van der Waals surface area contributed by atoms with Gasteiger partial charge in [-0.2, -0.15) is 5.26 Å². The Morgan fingerprint density at radius 1 is 1.04 bits per heavy atom. The molecule has 26 heavy (non-hydrogen) atoms. The molecule has 0 aliphatic carbocycles. The Labute approximate surface area is 150 Å². The summed E-state index contributed by atoms with van der Waals surface area (Å²) in [5.41, 5.74) is 10.0. The number of nitrogens with zero attached hydrogens (tertiary/aromatic N) is 2. The molecule has 0 aromatic heterocycles. The average Bonchev–Trinajstić information content (AvgIpc) is 2.91. The summed E-state index contributed by atoms with van der Waals surface area (Å²) < 4.78 is -0.471. The van der Waals surface area contributed by atoms with Gasteiger partial charge in [-0.15, -0.1) is 4.65 Å². The van der Waals surface area contributed by atoms with Crippen LogP contribution in [-0.4, -0.2) is 11.1 Å². The third-order valence-corrected chi connectivity index (χ3v) is 4.75. The van der Waals surface area contributed by atoms with E-state index in [2.05, 4.69) is 6.07 Å². The van der Waals surface area contributed by atoms with Crippen LogP contribution in [-0.2, 0) is 6.54 Å². The van der Waals surface area contributed by atoms with E-state index >= 15 is 0 Å². The van der Waals surface area contributed by atoms with Gasteiger partial charge in [0.25, 0.3) is 0 Å². The van der Waals surface area contributed by atoms with Gasteiger partial charge in [-0.1, -0.05) is 30.3 Å².